The van der Waals surface area contributed by atoms with Crippen LogP contribution in [0.2, 0.25) is 0 Å². The number of imidazole rings is 1. The van der Waals surface area contributed by atoms with Gasteiger partial charge in [-0.2, -0.15) is 0 Å². The number of nitrogens with zero attached hydrogens (tertiary/aromatic N) is 3. The Labute approximate surface area is 186 Å². The number of likely N-dealkylation sites (tertiary alicyclic amines) is 1. The van der Waals surface area contributed by atoms with Crippen molar-refractivity contribution in [1.29, 1.82) is 0 Å². The van der Waals surface area contributed by atoms with Gasteiger partial charge in [0.15, 0.2) is 0 Å². The highest BCUT2D eigenvalue weighted by atomic mass is 16.5. The van der Waals surface area contributed by atoms with Crippen molar-refractivity contribution in [3.05, 3.63) is 60.4 Å². The molecule has 0 spiro atoms. The van der Waals surface area contributed by atoms with Crippen molar-refractivity contribution >= 4 is 0 Å². The quantitative estimate of drug-likeness (QED) is 0.495. The van der Waals surface area contributed by atoms with Crippen molar-refractivity contribution in [1.82, 2.24) is 14.5 Å². The second-order valence-electron chi connectivity index (χ2n) is 10.1. The highest BCUT2D eigenvalue weighted by Crippen LogP contribution is 2.46. The third kappa shape index (κ3) is 3.78. The largest absolute Gasteiger partial charge is 0.496 e. The van der Waals surface area contributed by atoms with Gasteiger partial charge in [-0.05, 0) is 72.2 Å². The second kappa shape index (κ2) is 7.83. The minimum atomic E-state index is 0.0948. The summed E-state index contributed by atoms with van der Waals surface area (Å²) in [6, 6.07) is 17.2. The molecule has 0 bridgehead atoms. The van der Waals surface area contributed by atoms with E-state index in [4.69, 9.17) is 9.72 Å². The van der Waals surface area contributed by atoms with Crippen molar-refractivity contribution in [2.24, 2.45) is 0 Å². The van der Waals surface area contributed by atoms with E-state index in [1.54, 1.807) is 7.11 Å². The number of hydrogen-bond acceptors (Lipinski definition) is 3. The Morgan fingerprint density at radius 1 is 0.903 bits per heavy atom. The van der Waals surface area contributed by atoms with Gasteiger partial charge in [0.2, 0.25) is 0 Å². The van der Waals surface area contributed by atoms with Gasteiger partial charge < -0.3 is 9.30 Å². The van der Waals surface area contributed by atoms with E-state index in [9.17, 15) is 0 Å². The van der Waals surface area contributed by atoms with Crippen molar-refractivity contribution in [3.8, 4) is 28.3 Å². The third-order valence-corrected chi connectivity index (χ3v) is 7.24. The first-order chi connectivity index (χ1) is 14.7. The highest BCUT2D eigenvalue weighted by molar-refractivity contribution is 5.83. The second-order valence-corrected chi connectivity index (χ2v) is 10.1. The lowest BCUT2D eigenvalue weighted by molar-refractivity contribution is -0.0258. The Kier molecular flexibility index (Phi) is 5.47. The van der Waals surface area contributed by atoms with Crippen molar-refractivity contribution in [2.75, 3.05) is 14.2 Å². The van der Waals surface area contributed by atoms with Gasteiger partial charge in [0.05, 0.1) is 24.8 Å². The Hall–Kier alpha value is -2.59. The van der Waals surface area contributed by atoms with E-state index in [2.05, 4.69) is 87.5 Å². The van der Waals surface area contributed by atoms with E-state index < -0.39 is 0 Å². The monoisotopic (exact) mass is 417 g/mol. The molecule has 4 nitrogen and oxygen atoms in total. The fourth-order valence-corrected chi connectivity index (χ4v) is 5.30. The number of piperidine rings is 1. The van der Waals surface area contributed by atoms with Crippen LogP contribution in [-0.4, -0.2) is 39.7 Å². The van der Waals surface area contributed by atoms with Crippen LogP contribution < -0.4 is 4.74 Å². The predicted molar refractivity (Wildman–Crippen MR) is 129 cm³/mol. The number of benzene rings is 2. The highest BCUT2D eigenvalue weighted by Gasteiger charge is 2.44. The summed E-state index contributed by atoms with van der Waals surface area (Å²) in [5.41, 5.74) is 5.86. The predicted octanol–water partition coefficient (Wildman–Crippen LogP) is 6.36. The van der Waals surface area contributed by atoms with Crippen molar-refractivity contribution in [3.63, 3.8) is 0 Å². The molecule has 1 fully saturated rings. The maximum atomic E-state index is 5.78. The Balaban J connectivity index is 1.93. The average molecular weight is 418 g/mol. The van der Waals surface area contributed by atoms with E-state index in [0.29, 0.717) is 6.04 Å². The summed E-state index contributed by atoms with van der Waals surface area (Å²) >= 11 is 0. The van der Waals surface area contributed by atoms with E-state index >= 15 is 0 Å². The molecule has 1 saturated heterocycles. The number of methoxy groups -OCH3 is 1. The number of para-hydroxylation sites is 1. The summed E-state index contributed by atoms with van der Waals surface area (Å²) in [5.74, 6) is 0.880. The van der Waals surface area contributed by atoms with Crippen LogP contribution in [0.3, 0.4) is 0 Å². The van der Waals surface area contributed by atoms with Crippen LogP contribution in [0.25, 0.3) is 22.5 Å². The Morgan fingerprint density at radius 2 is 1.48 bits per heavy atom. The van der Waals surface area contributed by atoms with Crippen LogP contribution in [0, 0.1) is 6.92 Å². The number of aromatic nitrogens is 2. The molecule has 4 rings (SSSR count). The number of ether oxygens (including phenoxy) is 1. The topological polar surface area (TPSA) is 30.3 Å². The first kappa shape index (κ1) is 21.6. The lowest BCUT2D eigenvalue weighted by Crippen LogP contribution is -2.58. The average Bonchev–Trinajstić information content (AvgIpc) is 3.16. The standard InChI is InChI=1S/C27H35N3O/c1-19-12-8-9-13-21(19)24-25(22-14-10-11-15-23(22)31-7)30(18-28-24)20-16-26(2,3)29(6)27(4,5)17-20/h8-15,18,20H,16-17H2,1-7H3. The number of hydrogen-bond donors (Lipinski definition) is 0. The van der Waals surface area contributed by atoms with Gasteiger partial charge in [-0.1, -0.05) is 36.4 Å². The number of aryl methyl sites for hydroxylation is 1. The fraction of sp³-hybridized carbons (Fsp3) is 0.444. The molecule has 164 valence electrons. The summed E-state index contributed by atoms with van der Waals surface area (Å²) in [7, 11) is 4.00. The molecular weight excluding hydrogens is 382 g/mol. The van der Waals surface area contributed by atoms with E-state index in [1.807, 2.05) is 18.5 Å². The summed E-state index contributed by atoms with van der Waals surface area (Å²) in [6.07, 6.45) is 4.18. The van der Waals surface area contributed by atoms with Gasteiger partial charge in [0.25, 0.3) is 0 Å². The van der Waals surface area contributed by atoms with Gasteiger partial charge in [-0.25, -0.2) is 4.98 Å². The third-order valence-electron chi connectivity index (χ3n) is 7.24. The molecule has 3 aromatic rings. The zero-order valence-electron chi connectivity index (χ0n) is 19.9. The van der Waals surface area contributed by atoms with Crippen LogP contribution in [0.4, 0.5) is 0 Å². The molecular formula is C27H35N3O. The SMILES string of the molecule is COc1ccccc1-c1c(-c2ccccc2C)ncn1C1CC(C)(C)N(C)C(C)(C)C1. The van der Waals surface area contributed by atoms with Crippen LogP contribution in [0.15, 0.2) is 54.9 Å². The molecule has 0 unspecified atom stereocenters. The van der Waals surface area contributed by atoms with Crippen LogP contribution >= 0.6 is 0 Å². The molecule has 4 heteroatoms. The first-order valence-corrected chi connectivity index (χ1v) is 11.2. The Bertz CT molecular complexity index is 1060. The Morgan fingerprint density at radius 3 is 2.10 bits per heavy atom. The normalized spacial score (nSPS) is 18.8. The summed E-state index contributed by atoms with van der Waals surface area (Å²) in [4.78, 5) is 7.51. The summed E-state index contributed by atoms with van der Waals surface area (Å²) in [5, 5.41) is 0. The van der Waals surface area contributed by atoms with E-state index in [1.165, 1.54) is 11.1 Å². The molecule has 2 heterocycles. The minimum Gasteiger partial charge on any atom is -0.496 e. The summed E-state index contributed by atoms with van der Waals surface area (Å²) < 4.78 is 8.20. The van der Waals surface area contributed by atoms with E-state index in [0.717, 1.165) is 35.5 Å². The van der Waals surface area contributed by atoms with Crippen molar-refractivity contribution in [2.45, 2.75) is 64.6 Å². The van der Waals surface area contributed by atoms with Gasteiger partial charge in [-0.15, -0.1) is 0 Å². The molecule has 0 radical (unpaired) electrons. The molecule has 0 amide bonds. The molecule has 0 saturated carbocycles. The fourth-order valence-electron chi connectivity index (χ4n) is 5.30. The maximum Gasteiger partial charge on any atom is 0.128 e. The molecule has 2 aromatic carbocycles. The van der Waals surface area contributed by atoms with Gasteiger partial charge in [0, 0.05) is 28.2 Å². The molecule has 1 aliphatic rings. The first-order valence-electron chi connectivity index (χ1n) is 11.2. The van der Waals surface area contributed by atoms with Crippen LogP contribution in [0.1, 0.15) is 52.1 Å². The molecule has 1 aromatic heterocycles. The molecule has 0 N–H and O–H groups in total. The van der Waals surface area contributed by atoms with Crippen molar-refractivity contribution < 1.29 is 4.74 Å². The molecule has 0 aliphatic carbocycles. The van der Waals surface area contributed by atoms with Crippen LogP contribution in [0.5, 0.6) is 5.75 Å². The molecule has 31 heavy (non-hydrogen) atoms. The lowest BCUT2D eigenvalue weighted by Gasteiger charge is -2.54. The van der Waals surface area contributed by atoms with Gasteiger partial charge in [0.1, 0.15) is 5.75 Å². The maximum absolute atomic E-state index is 5.78. The minimum absolute atomic E-state index is 0.0948. The van der Waals surface area contributed by atoms with Crippen LogP contribution in [-0.2, 0) is 0 Å². The molecule has 0 atom stereocenters. The summed E-state index contributed by atoms with van der Waals surface area (Å²) in [6.45, 7) is 11.6. The lowest BCUT2D eigenvalue weighted by atomic mass is 9.77. The van der Waals surface area contributed by atoms with Gasteiger partial charge in [-0.3, -0.25) is 4.90 Å². The van der Waals surface area contributed by atoms with E-state index in [-0.39, 0.29) is 11.1 Å². The molecule has 1 aliphatic heterocycles. The van der Waals surface area contributed by atoms with Gasteiger partial charge >= 0.3 is 0 Å². The zero-order chi connectivity index (χ0) is 22.4. The zero-order valence-corrected chi connectivity index (χ0v) is 19.9. The number of rotatable bonds is 4. The smallest absolute Gasteiger partial charge is 0.128 e.